The molecule has 20 heavy (non-hydrogen) atoms. The minimum Gasteiger partial charge on any atom is -0.490 e. The van der Waals surface area contributed by atoms with Gasteiger partial charge < -0.3 is 15.2 Å². The van der Waals surface area contributed by atoms with Crippen LogP contribution in [0, 0.1) is 5.92 Å². The van der Waals surface area contributed by atoms with Gasteiger partial charge in [-0.3, -0.25) is 0 Å². The molecule has 0 amide bonds. The number of fused-ring (bicyclic) bond motifs is 1. The molecule has 0 aliphatic carbocycles. The standard InChI is InChI=1S/C15H22N2O2S/c1-3-11(2)7-16-8-12(18)10-19-14-5-4-6-15-13(14)9-17-20-15/h4-6,9,11-12,16,18H,3,7-8,10H2,1-2H3. The predicted octanol–water partition coefficient (Wildman–Crippen LogP) is 2.67. The Hall–Kier alpha value is -1.17. The summed E-state index contributed by atoms with van der Waals surface area (Å²) in [5.41, 5.74) is 0. The molecule has 2 atom stereocenters. The number of aromatic nitrogens is 1. The van der Waals surface area contributed by atoms with E-state index >= 15 is 0 Å². The minimum absolute atomic E-state index is 0.294. The number of ether oxygens (including phenoxy) is 1. The number of rotatable bonds is 8. The molecular weight excluding hydrogens is 272 g/mol. The van der Waals surface area contributed by atoms with Crippen LogP contribution in [0.2, 0.25) is 0 Å². The second kappa shape index (κ2) is 7.57. The van der Waals surface area contributed by atoms with E-state index in [9.17, 15) is 5.11 Å². The molecule has 0 bridgehead atoms. The third-order valence-corrected chi connectivity index (χ3v) is 4.12. The Labute approximate surface area is 123 Å². The molecule has 0 spiro atoms. The molecule has 0 saturated carbocycles. The summed E-state index contributed by atoms with van der Waals surface area (Å²) < 4.78 is 11.0. The molecule has 2 unspecified atom stereocenters. The Kier molecular flexibility index (Phi) is 5.76. The van der Waals surface area contributed by atoms with Gasteiger partial charge in [0.1, 0.15) is 18.5 Å². The van der Waals surface area contributed by atoms with E-state index in [1.54, 1.807) is 0 Å². The molecule has 2 N–H and O–H groups in total. The molecule has 0 aliphatic heterocycles. The second-order valence-electron chi connectivity index (χ2n) is 5.13. The summed E-state index contributed by atoms with van der Waals surface area (Å²) in [6.45, 7) is 6.14. The molecular formula is C15H22N2O2S. The van der Waals surface area contributed by atoms with Crippen LogP contribution in [0.1, 0.15) is 20.3 Å². The van der Waals surface area contributed by atoms with Gasteiger partial charge in [-0.2, -0.15) is 4.37 Å². The number of nitrogens with zero attached hydrogens (tertiary/aromatic N) is 1. The van der Waals surface area contributed by atoms with Crippen molar-refractivity contribution in [1.29, 1.82) is 0 Å². The van der Waals surface area contributed by atoms with Crippen LogP contribution >= 0.6 is 11.5 Å². The summed E-state index contributed by atoms with van der Waals surface area (Å²) in [7, 11) is 0. The van der Waals surface area contributed by atoms with Crippen LogP contribution in [-0.2, 0) is 0 Å². The highest BCUT2D eigenvalue weighted by Crippen LogP contribution is 2.27. The smallest absolute Gasteiger partial charge is 0.129 e. The second-order valence-corrected chi connectivity index (χ2v) is 5.96. The highest BCUT2D eigenvalue weighted by molar-refractivity contribution is 7.13. The maximum absolute atomic E-state index is 9.92. The van der Waals surface area contributed by atoms with Gasteiger partial charge in [0.25, 0.3) is 0 Å². The van der Waals surface area contributed by atoms with Crippen molar-refractivity contribution >= 4 is 21.6 Å². The summed E-state index contributed by atoms with van der Waals surface area (Å²) >= 11 is 1.45. The van der Waals surface area contributed by atoms with Crippen molar-refractivity contribution < 1.29 is 9.84 Å². The fourth-order valence-corrected chi connectivity index (χ4v) is 2.54. The average molecular weight is 294 g/mol. The number of benzene rings is 1. The van der Waals surface area contributed by atoms with Gasteiger partial charge >= 0.3 is 0 Å². The summed E-state index contributed by atoms with van der Waals surface area (Å²) in [5, 5.41) is 14.2. The first kappa shape index (κ1) is 15.2. The summed E-state index contributed by atoms with van der Waals surface area (Å²) in [6.07, 6.45) is 2.45. The predicted molar refractivity (Wildman–Crippen MR) is 83.4 cm³/mol. The number of hydrogen-bond donors (Lipinski definition) is 2. The van der Waals surface area contributed by atoms with Crippen molar-refractivity contribution in [3.8, 4) is 5.75 Å². The molecule has 1 aromatic carbocycles. The van der Waals surface area contributed by atoms with E-state index in [1.165, 1.54) is 11.5 Å². The zero-order chi connectivity index (χ0) is 14.4. The lowest BCUT2D eigenvalue weighted by atomic mass is 10.1. The van der Waals surface area contributed by atoms with Crippen molar-refractivity contribution in [2.24, 2.45) is 5.92 Å². The Morgan fingerprint density at radius 3 is 3.05 bits per heavy atom. The first-order valence-corrected chi connectivity index (χ1v) is 7.83. The summed E-state index contributed by atoms with van der Waals surface area (Å²) in [5.74, 6) is 1.42. The largest absolute Gasteiger partial charge is 0.490 e. The first-order valence-electron chi connectivity index (χ1n) is 7.05. The Morgan fingerprint density at radius 1 is 1.40 bits per heavy atom. The van der Waals surface area contributed by atoms with E-state index in [-0.39, 0.29) is 0 Å². The van der Waals surface area contributed by atoms with Crippen molar-refractivity contribution in [3.63, 3.8) is 0 Å². The fourth-order valence-electron chi connectivity index (χ4n) is 1.88. The van der Waals surface area contributed by atoms with Crippen molar-refractivity contribution in [1.82, 2.24) is 9.69 Å². The molecule has 2 rings (SSSR count). The third kappa shape index (κ3) is 4.16. The monoisotopic (exact) mass is 294 g/mol. The van der Waals surface area contributed by atoms with Gasteiger partial charge in [-0.05, 0) is 36.1 Å². The molecule has 0 aliphatic rings. The normalized spacial score (nSPS) is 14.3. The SMILES string of the molecule is CCC(C)CNCC(O)COc1cccc2sncc12. The van der Waals surface area contributed by atoms with Gasteiger partial charge in [-0.15, -0.1) is 0 Å². The first-order chi connectivity index (χ1) is 9.70. The van der Waals surface area contributed by atoms with E-state index in [2.05, 4.69) is 23.5 Å². The Morgan fingerprint density at radius 2 is 2.25 bits per heavy atom. The Balaban J connectivity index is 1.78. The lowest BCUT2D eigenvalue weighted by molar-refractivity contribution is 0.106. The lowest BCUT2D eigenvalue weighted by Gasteiger charge is -2.15. The van der Waals surface area contributed by atoms with Gasteiger partial charge in [0.05, 0.1) is 16.3 Å². The lowest BCUT2D eigenvalue weighted by Crippen LogP contribution is -2.33. The summed E-state index contributed by atoms with van der Waals surface area (Å²) in [4.78, 5) is 0. The zero-order valence-corrected chi connectivity index (χ0v) is 12.8. The Bertz CT molecular complexity index is 529. The molecule has 5 heteroatoms. The maximum Gasteiger partial charge on any atom is 0.129 e. The maximum atomic E-state index is 9.92. The summed E-state index contributed by atoms with van der Waals surface area (Å²) in [6, 6.07) is 5.88. The van der Waals surface area contributed by atoms with Crippen LogP contribution in [0.25, 0.3) is 10.1 Å². The van der Waals surface area contributed by atoms with Crippen LogP contribution in [-0.4, -0.2) is 35.3 Å². The fraction of sp³-hybridized carbons (Fsp3) is 0.533. The molecule has 0 radical (unpaired) electrons. The molecule has 0 fully saturated rings. The molecule has 1 heterocycles. The highest BCUT2D eigenvalue weighted by atomic mass is 32.1. The highest BCUT2D eigenvalue weighted by Gasteiger charge is 2.08. The van der Waals surface area contributed by atoms with E-state index in [4.69, 9.17) is 4.74 Å². The van der Waals surface area contributed by atoms with E-state index in [1.807, 2.05) is 24.4 Å². The number of aliphatic hydroxyl groups is 1. The van der Waals surface area contributed by atoms with E-state index in [0.717, 1.165) is 28.8 Å². The zero-order valence-electron chi connectivity index (χ0n) is 12.0. The number of hydrogen-bond acceptors (Lipinski definition) is 5. The van der Waals surface area contributed by atoms with Gasteiger partial charge in [0.2, 0.25) is 0 Å². The van der Waals surface area contributed by atoms with Crippen LogP contribution in [0.3, 0.4) is 0 Å². The molecule has 2 aromatic rings. The molecule has 110 valence electrons. The third-order valence-electron chi connectivity index (χ3n) is 3.36. The van der Waals surface area contributed by atoms with Crippen LogP contribution in [0.15, 0.2) is 24.4 Å². The molecule has 1 aromatic heterocycles. The van der Waals surface area contributed by atoms with Crippen LogP contribution in [0.4, 0.5) is 0 Å². The van der Waals surface area contributed by atoms with Crippen molar-refractivity contribution in [3.05, 3.63) is 24.4 Å². The van der Waals surface area contributed by atoms with Gasteiger partial charge in [0.15, 0.2) is 0 Å². The topological polar surface area (TPSA) is 54.4 Å². The van der Waals surface area contributed by atoms with E-state index < -0.39 is 6.10 Å². The minimum atomic E-state index is -0.499. The van der Waals surface area contributed by atoms with Gasteiger partial charge in [-0.1, -0.05) is 26.3 Å². The number of aliphatic hydroxyl groups excluding tert-OH is 1. The van der Waals surface area contributed by atoms with Crippen molar-refractivity contribution in [2.75, 3.05) is 19.7 Å². The van der Waals surface area contributed by atoms with E-state index in [0.29, 0.717) is 19.1 Å². The quantitative estimate of drug-likeness (QED) is 0.786. The van der Waals surface area contributed by atoms with Crippen molar-refractivity contribution in [2.45, 2.75) is 26.4 Å². The number of nitrogens with one attached hydrogen (secondary N) is 1. The van der Waals surface area contributed by atoms with Gasteiger partial charge in [0, 0.05) is 6.54 Å². The van der Waals surface area contributed by atoms with Crippen LogP contribution in [0.5, 0.6) is 5.75 Å². The molecule has 4 nitrogen and oxygen atoms in total. The van der Waals surface area contributed by atoms with Crippen LogP contribution < -0.4 is 10.1 Å². The average Bonchev–Trinajstić information content (AvgIpc) is 2.93. The van der Waals surface area contributed by atoms with Gasteiger partial charge in [-0.25, -0.2) is 0 Å². The molecule has 0 saturated heterocycles.